The van der Waals surface area contributed by atoms with E-state index in [0.717, 1.165) is 61.6 Å². The molecule has 3 N–H and O–H groups in total. The van der Waals surface area contributed by atoms with E-state index in [1.807, 2.05) is 18.2 Å². The summed E-state index contributed by atoms with van der Waals surface area (Å²) < 4.78 is 0. The summed E-state index contributed by atoms with van der Waals surface area (Å²) in [4.78, 5) is 13.4. The van der Waals surface area contributed by atoms with Gasteiger partial charge in [-0.15, -0.1) is 0 Å². The van der Waals surface area contributed by atoms with Gasteiger partial charge in [-0.1, -0.05) is 0 Å². The second-order valence-corrected chi connectivity index (χ2v) is 5.38. The predicted molar refractivity (Wildman–Crippen MR) is 84.3 cm³/mol. The van der Waals surface area contributed by atoms with Crippen LogP contribution >= 0.6 is 0 Å². The Bertz CT molecular complexity index is 618. The van der Waals surface area contributed by atoms with E-state index in [0.29, 0.717) is 0 Å². The fraction of sp³-hybridized carbons (Fsp3) is 0.467. The van der Waals surface area contributed by atoms with Gasteiger partial charge in [0, 0.05) is 37.3 Å². The third-order valence-corrected chi connectivity index (χ3v) is 3.94. The van der Waals surface area contributed by atoms with Gasteiger partial charge in [-0.05, 0) is 31.2 Å². The second kappa shape index (κ2) is 6.24. The van der Waals surface area contributed by atoms with Crippen molar-refractivity contribution in [3.63, 3.8) is 0 Å². The average Bonchev–Trinajstić information content (AvgIpc) is 2.72. The van der Waals surface area contributed by atoms with E-state index in [-0.39, 0.29) is 6.61 Å². The molecule has 6 nitrogen and oxygen atoms in total. The molecular weight excluding hydrogens is 266 g/mol. The van der Waals surface area contributed by atoms with Crippen LogP contribution in [0.4, 0.5) is 11.5 Å². The van der Waals surface area contributed by atoms with E-state index in [2.05, 4.69) is 19.8 Å². The van der Waals surface area contributed by atoms with Crippen LogP contribution in [0, 0.1) is 0 Å². The summed E-state index contributed by atoms with van der Waals surface area (Å²) in [6.45, 7) is 4.81. The summed E-state index contributed by atoms with van der Waals surface area (Å²) in [5.41, 5.74) is 7.43. The molecule has 0 unspecified atom stereocenters. The molecule has 0 aliphatic carbocycles. The molecular formula is C15H21N5O. The van der Waals surface area contributed by atoms with E-state index in [4.69, 9.17) is 10.8 Å². The number of aliphatic hydroxyl groups is 1. The molecule has 1 aromatic heterocycles. The van der Waals surface area contributed by atoms with Crippen molar-refractivity contribution in [2.75, 3.05) is 50.0 Å². The maximum absolute atomic E-state index is 9.07. The van der Waals surface area contributed by atoms with Gasteiger partial charge < -0.3 is 15.7 Å². The first-order chi connectivity index (χ1) is 10.3. The van der Waals surface area contributed by atoms with Gasteiger partial charge in [0.2, 0.25) is 0 Å². The molecule has 1 aliphatic rings. The number of aromatic nitrogens is 2. The zero-order valence-corrected chi connectivity index (χ0v) is 12.1. The smallest absolute Gasteiger partial charge is 0.139 e. The zero-order valence-electron chi connectivity index (χ0n) is 12.1. The van der Waals surface area contributed by atoms with Crippen LogP contribution in [0.15, 0.2) is 24.5 Å². The molecule has 112 valence electrons. The minimum Gasteiger partial charge on any atom is -0.399 e. The van der Waals surface area contributed by atoms with E-state index in [1.54, 1.807) is 6.33 Å². The van der Waals surface area contributed by atoms with E-state index in [1.165, 1.54) is 0 Å². The number of hydrogen-bond acceptors (Lipinski definition) is 6. The largest absolute Gasteiger partial charge is 0.399 e. The van der Waals surface area contributed by atoms with Crippen molar-refractivity contribution < 1.29 is 5.11 Å². The highest BCUT2D eigenvalue weighted by Crippen LogP contribution is 2.25. The summed E-state index contributed by atoms with van der Waals surface area (Å²) >= 11 is 0. The normalized spacial score (nSPS) is 17.1. The monoisotopic (exact) mass is 287 g/mol. The fourth-order valence-electron chi connectivity index (χ4n) is 2.86. The highest BCUT2D eigenvalue weighted by atomic mass is 16.3. The maximum Gasteiger partial charge on any atom is 0.139 e. The molecule has 2 aromatic rings. The highest BCUT2D eigenvalue weighted by molar-refractivity contribution is 5.91. The maximum atomic E-state index is 9.07. The van der Waals surface area contributed by atoms with E-state index in [9.17, 15) is 0 Å². The lowest BCUT2D eigenvalue weighted by atomic mass is 10.2. The van der Waals surface area contributed by atoms with Crippen LogP contribution in [-0.4, -0.2) is 59.3 Å². The first-order valence-electron chi connectivity index (χ1n) is 7.36. The lowest BCUT2D eigenvalue weighted by Gasteiger charge is -2.23. The minimum absolute atomic E-state index is 0.218. The van der Waals surface area contributed by atoms with Crippen LogP contribution in [0.25, 0.3) is 10.9 Å². The van der Waals surface area contributed by atoms with Gasteiger partial charge in [0.05, 0.1) is 12.1 Å². The molecule has 2 heterocycles. The summed E-state index contributed by atoms with van der Waals surface area (Å²) in [5.74, 6) is 0.978. The number of fused-ring (bicyclic) bond motifs is 1. The lowest BCUT2D eigenvalue weighted by Crippen LogP contribution is -2.32. The molecule has 3 rings (SSSR count). The van der Waals surface area contributed by atoms with Gasteiger partial charge in [0.15, 0.2) is 0 Å². The molecule has 21 heavy (non-hydrogen) atoms. The highest BCUT2D eigenvalue weighted by Gasteiger charge is 2.17. The standard InChI is InChI=1S/C15H21N5O/c16-12-2-3-13-14(10-12)17-11-18-15(13)20-5-1-4-19(6-7-20)8-9-21/h2-3,10-11,21H,1,4-9,16H2. The van der Waals surface area contributed by atoms with Gasteiger partial charge in [-0.25, -0.2) is 9.97 Å². The average molecular weight is 287 g/mol. The number of benzene rings is 1. The Morgan fingerprint density at radius 2 is 2.05 bits per heavy atom. The van der Waals surface area contributed by atoms with Crippen molar-refractivity contribution in [3.05, 3.63) is 24.5 Å². The van der Waals surface area contributed by atoms with Gasteiger partial charge >= 0.3 is 0 Å². The number of aliphatic hydroxyl groups excluding tert-OH is 1. The molecule has 1 aliphatic heterocycles. The molecule has 0 radical (unpaired) electrons. The van der Waals surface area contributed by atoms with Crippen LogP contribution in [0.1, 0.15) is 6.42 Å². The van der Waals surface area contributed by atoms with E-state index < -0.39 is 0 Å². The molecule has 0 amide bonds. The number of β-amino-alcohol motifs (C(OH)–C–C–N with tert-alkyl or cyclic N) is 1. The molecule has 1 fully saturated rings. The summed E-state index contributed by atoms with van der Waals surface area (Å²) in [6, 6.07) is 5.78. The third-order valence-electron chi connectivity index (χ3n) is 3.94. The predicted octanol–water partition coefficient (Wildman–Crippen LogP) is 0.716. The minimum atomic E-state index is 0.218. The fourth-order valence-corrected chi connectivity index (χ4v) is 2.86. The number of nitrogens with zero attached hydrogens (tertiary/aromatic N) is 4. The zero-order chi connectivity index (χ0) is 14.7. The Hall–Kier alpha value is -1.92. The van der Waals surface area contributed by atoms with Crippen LogP contribution in [0.5, 0.6) is 0 Å². The Kier molecular flexibility index (Phi) is 4.17. The van der Waals surface area contributed by atoms with Crippen LogP contribution in [-0.2, 0) is 0 Å². The Balaban J connectivity index is 1.86. The first kappa shape index (κ1) is 14.0. The molecule has 0 bridgehead atoms. The number of nitrogen functional groups attached to an aromatic ring is 1. The molecule has 1 aromatic carbocycles. The van der Waals surface area contributed by atoms with Crippen LogP contribution < -0.4 is 10.6 Å². The molecule has 0 spiro atoms. The topological polar surface area (TPSA) is 78.5 Å². The molecule has 6 heteroatoms. The molecule has 0 atom stereocenters. The number of anilines is 2. The second-order valence-electron chi connectivity index (χ2n) is 5.38. The van der Waals surface area contributed by atoms with Crippen molar-refractivity contribution in [2.45, 2.75) is 6.42 Å². The van der Waals surface area contributed by atoms with Crippen molar-refractivity contribution >= 4 is 22.4 Å². The molecule has 0 saturated carbocycles. The Labute approximate surface area is 124 Å². The van der Waals surface area contributed by atoms with Crippen molar-refractivity contribution in [1.82, 2.24) is 14.9 Å². The Morgan fingerprint density at radius 1 is 1.14 bits per heavy atom. The summed E-state index contributed by atoms with van der Waals surface area (Å²) in [7, 11) is 0. The molecule has 1 saturated heterocycles. The van der Waals surface area contributed by atoms with Crippen molar-refractivity contribution in [1.29, 1.82) is 0 Å². The van der Waals surface area contributed by atoms with Gasteiger partial charge in [0.1, 0.15) is 12.1 Å². The SMILES string of the molecule is Nc1ccc2c(N3CCCN(CCO)CC3)ncnc2c1. The van der Waals surface area contributed by atoms with Crippen molar-refractivity contribution in [2.24, 2.45) is 0 Å². The first-order valence-corrected chi connectivity index (χ1v) is 7.36. The van der Waals surface area contributed by atoms with Crippen LogP contribution in [0.2, 0.25) is 0 Å². The number of nitrogens with two attached hydrogens (primary N) is 1. The Morgan fingerprint density at radius 3 is 2.90 bits per heavy atom. The quantitative estimate of drug-likeness (QED) is 0.810. The number of rotatable bonds is 3. The van der Waals surface area contributed by atoms with Gasteiger partial charge in [-0.3, -0.25) is 4.90 Å². The van der Waals surface area contributed by atoms with E-state index >= 15 is 0 Å². The van der Waals surface area contributed by atoms with Crippen molar-refractivity contribution in [3.8, 4) is 0 Å². The summed E-state index contributed by atoms with van der Waals surface area (Å²) in [5, 5.41) is 10.1. The van der Waals surface area contributed by atoms with Gasteiger partial charge in [0.25, 0.3) is 0 Å². The number of hydrogen-bond donors (Lipinski definition) is 2. The van der Waals surface area contributed by atoms with Gasteiger partial charge in [-0.2, -0.15) is 0 Å². The summed E-state index contributed by atoms with van der Waals surface area (Å²) in [6.07, 6.45) is 2.67. The van der Waals surface area contributed by atoms with Crippen LogP contribution in [0.3, 0.4) is 0 Å². The lowest BCUT2D eigenvalue weighted by molar-refractivity contribution is 0.204. The third kappa shape index (κ3) is 3.06.